The maximum absolute atomic E-state index is 6.00. The summed E-state index contributed by atoms with van der Waals surface area (Å²) >= 11 is 0. The normalized spacial score (nSPS) is 24.3. The zero-order valence-electron chi connectivity index (χ0n) is 11.1. The van der Waals surface area contributed by atoms with E-state index >= 15 is 0 Å². The van der Waals surface area contributed by atoms with Gasteiger partial charge in [0.05, 0.1) is 13.7 Å². The van der Waals surface area contributed by atoms with Crippen LogP contribution in [-0.2, 0) is 15.2 Å². The highest BCUT2D eigenvalue weighted by atomic mass is 17.2. The van der Waals surface area contributed by atoms with E-state index in [4.69, 9.17) is 19.2 Å². The first-order valence-electron chi connectivity index (χ1n) is 6.94. The molecule has 0 unspecified atom stereocenters. The Morgan fingerprint density at radius 3 is 2.53 bits per heavy atom. The van der Waals surface area contributed by atoms with Gasteiger partial charge in [0.2, 0.25) is 0 Å². The standard InChI is InChI=1S/C15H18O4/c1-16-17-10-14(7-8-14)11-3-4-12-13(9-11)19-15(18-12)5-2-6-15/h3-4,9H,2,5-8,10H2,1H3. The molecule has 4 nitrogen and oxygen atoms in total. The molecule has 1 aromatic carbocycles. The molecule has 0 radical (unpaired) electrons. The molecule has 0 aromatic heterocycles. The third kappa shape index (κ3) is 1.74. The van der Waals surface area contributed by atoms with Crippen LogP contribution < -0.4 is 9.47 Å². The summed E-state index contributed by atoms with van der Waals surface area (Å²) in [6.07, 6.45) is 5.46. The monoisotopic (exact) mass is 262 g/mol. The smallest absolute Gasteiger partial charge is 0.251 e. The van der Waals surface area contributed by atoms with Crippen molar-refractivity contribution in [2.75, 3.05) is 13.7 Å². The molecule has 3 aliphatic rings. The van der Waals surface area contributed by atoms with Crippen LogP contribution in [0.5, 0.6) is 11.5 Å². The minimum absolute atomic E-state index is 0.115. The SMILES string of the molecule is COOCC1(c2ccc3c(c2)OC2(CCC2)O3)CC1. The van der Waals surface area contributed by atoms with E-state index in [-0.39, 0.29) is 11.2 Å². The van der Waals surface area contributed by atoms with Crippen LogP contribution in [0.2, 0.25) is 0 Å². The van der Waals surface area contributed by atoms with Crippen molar-refractivity contribution < 1.29 is 19.2 Å². The summed E-state index contributed by atoms with van der Waals surface area (Å²) in [5.41, 5.74) is 1.38. The van der Waals surface area contributed by atoms with E-state index in [0.717, 1.165) is 37.2 Å². The average molecular weight is 262 g/mol. The Labute approximate surface area is 112 Å². The fourth-order valence-electron chi connectivity index (χ4n) is 2.93. The fraction of sp³-hybridized carbons (Fsp3) is 0.600. The number of hydrogen-bond acceptors (Lipinski definition) is 4. The van der Waals surface area contributed by atoms with Crippen LogP contribution >= 0.6 is 0 Å². The molecule has 2 fully saturated rings. The zero-order valence-corrected chi connectivity index (χ0v) is 11.1. The Morgan fingerprint density at radius 1 is 1.11 bits per heavy atom. The highest BCUT2D eigenvalue weighted by molar-refractivity contribution is 5.49. The van der Waals surface area contributed by atoms with Crippen LogP contribution in [0.1, 0.15) is 37.7 Å². The van der Waals surface area contributed by atoms with Crippen LogP contribution in [0.25, 0.3) is 0 Å². The highest BCUT2D eigenvalue weighted by Crippen LogP contribution is 2.53. The molecule has 1 spiro atoms. The summed E-state index contributed by atoms with van der Waals surface area (Å²) in [5.74, 6) is 1.42. The molecule has 0 saturated heterocycles. The molecule has 4 rings (SSSR count). The largest absolute Gasteiger partial charge is 0.448 e. The number of hydrogen-bond donors (Lipinski definition) is 0. The van der Waals surface area contributed by atoms with Crippen molar-refractivity contribution in [3.8, 4) is 11.5 Å². The van der Waals surface area contributed by atoms with Gasteiger partial charge in [0.15, 0.2) is 11.5 Å². The highest BCUT2D eigenvalue weighted by Gasteiger charge is 2.49. The van der Waals surface area contributed by atoms with Gasteiger partial charge >= 0.3 is 0 Å². The van der Waals surface area contributed by atoms with E-state index in [9.17, 15) is 0 Å². The molecule has 4 heteroatoms. The molecule has 1 aromatic rings. The van der Waals surface area contributed by atoms with Crippen LogP contribution in [0.4, 0.5) is 0 Å². The first kappa shape index (κ1) is 11.6. The second kappa shape index (κ2) is 3.87. The number of benzene rings is 1. The molecule has 1 aliphatic heterocycles. The third-order valence-corrected chi connectivity index (χ3v) is 4.57. The van der Waals surface area contributed by atoms with Gasteiger partial charge in [-0.2, -0.15) is 0 Å². The maximum atomic E-state index is 6.00. The molecule has 0 amide bonds. The molecule has 102 valence electrons. The lowest BCUT2D eigenvalue weighted by Gasteiger charge is -2.35. The van der Waals surface area contributed by atoms with Gasteiger partial charge in [-0.1, -0.05) is 6.07 Å². The van der Waals surface area contributed by atoms with Crippen LogP contribution in [0, 0.1) is 0 Å². The molecule has 0 bridgehead atoms. The quantitative estimate of drug-likeness (QED) is 0.617. The Morgan fingerprint density at radius 2 is 1.89 bits per heavy atom. The summed E-state index contributed by atoms with van der Waals surface area (Å²) in [6, 6.07) is 6.28. The maximum Gasteiger partial charge on any atom is 0.251 e. The van der Waals surface area contributed by atoms with E-state index < -0.39 is 0 Å². The lowest BCUT2D eigenvalue weighted by Crippen LogP contribution is -2.45. The van der Waals surface area contributed by atoms with Crippen LogP contribution in [0.15, 0.2) is 18.2 Å². The first-order chi connectivity index (χ1) is 9.25. The zero-order chi connectivity index (χ0) is 12.9. The average Bonchev–Trinajstić information content (AvgIpc) is 3.06. The van der Waals surface area contributed by atoms with Crippen LogP contribution in [0.3, 0.4) is 0 Å². The summed E-state index contributed by atoms with van der Waals surface area (Å²) < 4.78 is 11.9. The Balaban J connectivity index is 1.58. The summed E-state index contributed by atoms with van der Waals surface area (Å²) in [6.45, 7) is 0.605. The number of fused-ring (bicyclic) bond motifs is 1. The molecule has 1 heterocycles. The van der Waals surface area contributed by atoms with Crippen LogP contribution in [-0.4, -0.2) is 19.5 Å². The van der Waals surface area contributed by atoms with Gasteiger partial charge in [-0.3, -0.25) is 0 Å². The lowest BCUT2D eigenvalue weighted by molar-refractivity contribution is -0.277. The van der Waals surface area contributed by atoms with Crippen molar-refractivity contribution in [3.05, 3.63) is 23.8 Å². The van der Waals surface area contributed by atoms with Crippen molar-refractivity contribution in [3.63, 3.8) is 0 Å². The van der Waals surface area contributed by atoms with Gasteiger partial charge in [-0.15, -0.1) is 0 Å². The third-order valence-electron chi connectivity index (χ3n) is 4.57. The van der Waals surface area contributed by atoms with Gasteiger partial charge in [-0.25, -0.2) is 9.78 Å². The molecule has 2 aliphatic carbocycles. The molecule has 0 N–H and O–H groups in total. The van der Waals surface area contributed by atoms with Crippen molar-refractivity contribution in [1.29, 1.82) is 0 Å². The number of rotatable bonds is 4. The van der Waals surface area contributed by atoms with E-state index in [0.29, 0.717) is 6.61 Å². The summed E-state index contributed by atoms with van der Waals surface area (Å²) in [4.78, 5) is 9.87. The van der Waals surface area contributed by atoms with Crippen molar-refractivity contribution >= 4 is 0 Å². The second-order valence-electron chi connectivity index (χ2n) is 5.84. The van der Waals surface area contributed by atoms with E-state index in [2.05, 4.69) is 12.1 Å². The molecular weight excluding hydrogens is 244 g/mol. The first-order valence-corrected chi connectivity index (χ1v) is 6.94. The molecule has 0 atom stereocenters. The minimum atomic E-state index is -0.347. The predicted octanol–water partition coefficient (Wildman–Crippen LogP) is 2.95. The van der Waals surface area contributed by atoms with Gasteiger partial charge < -0.3 is 9.47 Å². The summed E-state index contributed by atoms with van der Waals surface area (Å²) in [5, 5.41) is 0. The topological polar surface area (TPSA) is 36.9 Å². The van der Waals surface area contributed by atoms with Gasteiger partial charge in [0.1, 0.15) is 0 Å². The van der Waals surface area contributed by atoms with E-state index in [1.165, 1.54) is 12.0 Å². The second-order valence-corrected chi connectivity index (χ2v) is 5.84. The minimum Gasteiger partial charge on any atom is -0.448 e. The molecular formula is C15H18O4. The van der Waals surface area contributed by atoms with Crippen molar-refractivity contribution in [2.45, 2.75) is 43.3 Å². The van der Waals surface area contributed by atoms with Crippen molar-refractivity contribution in [1.82, 2.24) is 0 Å². The van der Waals surface area contributed by atoms with E-state index in [1.807, 2.05) is 6.07 Å². The Kier molecular flexibility index (Phi) is 2.35. The fourth-order valence-corrected chi connectivity index (χ4v) is 2.93. The van der Waals surface area contributed by atoms with Gasteiger partial charge in [-0.05, 0) is 37.0 Å². The van der Waals surface area contributed by atoms with E-state index in [1.54, 1.807) is 7.11 Å². The molecule has 2 saturated carbocycles. The predicted molar refractivity (Wildman–Crippen MR) is 68.2 cm³/mol. The van der Waals surface area contributed by atoms with Crippen molar-refractivity contribution in [2.24, 2.45) is 0 Å². The summed E-state index contributed by atoms with van der Waals surface area (Å²) in [7, 11) is 1.55. The Bertz CT molecular complexity index is 503. The Hall–Kier alpha value is -1.26. The van der Waals surface area contributed by atoms with Gasteiger partial charge in [0.25, 0.3) is 5.79 Å². The lowest BCUT2D eigenvalue weighted by atomic mass is 9.91. The molecule has 19 heavy (non-hydrogen) atoms. The van der Waals surface area contributed by atoms with Gasteiger partial charge in [0, 0.05) is 18.3 Å². The number of ether oxygens (including phenoxy) is 2.